The van der Waals surface area contributed by atoms with Crippen LogP contribution in [0.5, 0.6) is 5.75 Å². The van der Waals surface area contributed by atoms with Crippen molar-refractivity contribution in [1.82, 2.24) is 23.9 Å². The zero-order valence-corrected chi connectivity index (χ0v) is 21.7. The lowest BCUT2D eigenvalue weighted by Crippen LogP contribution is -2.37. The lowest BCUT2D eigenvalue weighted by atomic mass is 10.1. The number of fused-ring (bicyclic) bond motifs is 1. The molecule has 10 nitrogen and oxygen atoms in total. The number of amides is 1. The summed E-state index contributed by atoms with van der Waals surface area (Å²) >= 11 is 14.0. The van der Waals surface area contributed by atoms with Gasteiger partial charge in [0.1, 0.15) is 6.54 Å². The van der Waals surface area contributed by atoms with Crippen LogP contribution < -0.4 is 21.3 Å². The number of ether oxygens (including phenoxy) is 1. The van der Waals surface area contributed by atoms with E-state index >= 15 is 0 Å². The summed E-state index contributed by atoms with van der Waals surface area (Å²) < 4.78 is 9.24. The van der Waals surface area contributed by atoms with Gasteiger partial charge in [0.25, 0.3) is 5.56 Å². The van der Waals surface area contributed by atoms with Gasteiger partial charge in [0.15, 0.2) is 16.4 Å². The van der Waals surface area contributed by atoms with E-state index in [0.29, 0.717) is 50.2 Å². The molecule has 1 N–H and O–H groups in total. The molecular formula is C22H22Cl2N6O4S. The average Bonchev–Trinajstić information content (AvgIpc) is 3.42. The zero-order chi connectivity index (χ0) is 25.4. The van der Waals surface area contributed by atoms with Gasteiger partial charge in [0.05, 0.1) is 34.1 Å². The molecule has 0 aliphatic carbocycles. The summed E-state index contributed by atoms with van der Waals surface area (Å²) in [6.07, 6.45) is 1.38. The fourth-order valence-corrected chi connectivity index (χ4v) is 4.72. The SMILES string of the molecule is CC(C)COc1c(Cl)cc(-c2csc(NC(=O)Cn3ncc4c3c(=O)n(C)c(=O)n4C)n2)cc1Cl. The van der Waals surface area contributed by atoms with Crippen LogP contribution in [-0.4, -0.2) is 36.4 Å². The van der Waals surface area contributed by atoms with E-state index in [1.807, 2.05) is 13.8 Å². The van der Waals surface area contributed by atoms with Gasteiger partial charge in [-0.25, -0.2) is 14.5 Å². The van der Waals surface area contributed by atoms with Gasteiger partial charge in [-0.3, -0.25) is 18.7 Å². The van der Waals surface area contributed by atoms with Crippen LogP contribution in [-0.2, 0) is 25.4 Å². The summed E-state index contributed by atoms with van der Waals surface area (Å²) in [5.74, 6) is 0.311. The maximum absolute atomic E-state index is 12.7. The Bertz CT molecular complexity index is 1530. The Labute approximate surface area is 213 Å². The van der Waals surface area contributed by atoms with E-state index in [1.165, 1.54) is 40.9 Å². The summed E-state index contributed by atoms with van der Waals surface area (Å²) in [7, 11) is 2.91. The molecule has 0 aliphatic heterocycles. The van der Waals surface area contributed by atoms with Crippen molar-refractivity contribution in [3.05, 3.63) is 54.6 Å². The molecule has 0 unspecified atom stereocenters. The van der Waals surface area contributed by atoms with Crippen LogP contribution in [0.3, 0.4) is 0 Å². The second-order valence-corrected chi connectivity index (χ2v) is 9.97. The first-order valence-electron chi connectivity index (χ1n) is 10.6. The van der Waals surface area contributed by atoms with E-state index in [0.717, 1.165) is 4.57 Å². The summed E-state index contributed by atoms with van der Waals surface area (Å²) in [5, 5.41) is 9.68. The van der Waals surface area contributed by atoms with Gasteiger partial charge in [-0.1, -0.05) is 37.0 Å². The average molecular weight is 537 g/mol. The molecule has 1 amide bonds. The minimum atomic E-state index is -0.528. The third-order valence-electron chi connectivity index (χ3n) is 5.16. The number of aryl methyl sites for hydroxylation is 1. The van der Waals surface area contributed by atoms with E-state index in [2.05, 4.69) is 15.4 Å². The van der Waals surface area contributed by atoms with Crippen molar-refractivity contribution < 1.29 is 9.53 Å². The Kier molecular flexibility index (Phi) is 7.02. The van der Waals surface area contributed by atoms with Crippen molar-refractivity contribution >= 4 is 56.6 Å². The highest BCUT2D eigenvalue weighted by atomic mass is 35.5. The highest BCUT2D eigenvalue weighted by Gasteiger charge is 2.18. The van der Waals surface area contributed by atoms with Gasteiger partial charge in [0, 0.05) is 25.0 Å². The molecule has 3 aromatic heterocycles. The number of aromatic nitrogens is 5. The van der Waals surface area contributed by atoms with Crippen molar-refractivity contribution in [2.45, 2.75) is 20.4 Å². The number of nitrogens with one attached hydrogen (secondary N) is 1. The maximum Gasteiger partial charge on any atom is 0.331 e. The lowest BCUT2D eigenvalue weighted by Gasteiger charge is -2.12. The Morgan fingerprint density at radius 2 is 1.86 bits per heavy atom. The Balaban J connectivity index is 1.52. The number of nitrogens with zero attached hydrogens (tertiary/aromatic N) is 5. The first-order valence-corrected chi connectivity index (χ1v) is 12.2. The quantitative estimate of drug-likeness (QED) is 0.386. The van der Waals surface area contributed by atoms with E-state index in [1.54, 1.807) is 17.5 Å². The van der Waals surface area contributed by atoms with Crippen molar-refractivity contribution in [3.8, 4) is 17.0 Å². The molecule has 184 valence electrons. The van der Waals surface area contributed by atoms with Crippen LogP contribution >= 0.6 is 34.5 Å². The van der Waals surface area contributed by atoms with Crippen molar-refractivity contribution in [1.29, 1.82) is 0 Å². The lowest BCUT2D eigenvalue weighted by molar-refractivity contribution is -0.116. The number of thiazole rings is 1. The van der Waals surface area contributed by atoms with Crippen LogP contribution in [0, 0.1) is 5.92 Å². The van der Waals surface area contributed by atoms with Gasteiger partial charge in [-0.05, 0) is 18.1 Å². The van der Waals surface area contributed by atoms with Crippen molar-refractivity contribution in [2.75, 3.05) is 11.9 Å². The van der Waals surface area contributed by atoms with Gasteiger partial charge < -0.3 is 10.1 Å². The minimum Gasteiger partial charge on any atom is -0.490 e. The molecule has 0 spiro atoms. The molecule has 4 aromatic rings. The van der Waals surface area contributed by atoms with E-state index in [-0.39, 0.29) is 12.1 Å². The number of hydrogen-bond donors (Lipinski definition) is 1. The molecule has 0 aliphatic rings. The Hall–Kier alpha value is -3.15. The highest BCUT2D eigenvalue weighted by Crippen LogP contribution is 2.38. The van der Waals surface area contributed by atoms with E-state index in [4.69, 9.17) is 27.9 Å². The first kappa shape index (κ1) is 25.0. The summed E-state index contributed by atoms with van der Waals surface area (Å²) in [6.45, 7) is 4.31. The molecule has 0 fully saturated rings. The van der Waals surface area contributed by atoms with Gasteiger partial charge >= 0.3 is 5.69 Å². The molecule has 0 saturated heterocycles. The molecular weight excluding hydrogens is 515 g/mol. The fraction of sp³-hybridized carbons (Fsp3) is 0.318. The second-order valence-electron chi connectivity index (χ2n) is 8.30. The van der Waals surface area contributed by atoms with E-state index < -0.39 is 17.2 Å². The van der Waals surface area contributed by atoms with Gasteiger partial charge in [0.2, 0.25) is 5.91 Å². The fourth-order valence-electron chi connectivity index (χ4n) is 3.39. The van der Waals surface area contributed by atoms with Crippen LogP contribution in [0.4, 0.5) is 5.13 Å². The first-order chi connectivity index (χ1) is 16.6. The molecule has 35 heavy (non-hydrogen) atoms. The normalized spacial score (nSPS) is 11.4. The van der Waals surface area contributed by atoms with Gasteiger partial charge in [-0.2, -0.15) is 5.10 Å². The third-order valence-corrected chi connectivity index (χ3v) is 6.48. The van der Waals surface area contributed by atoms with Crippen molar-refractivity contribution in [3.63, 3.8) is 0 Å². The smallest absolute Gasteiger partial charge is 0.331 e. The summed E-state index contributed by atoms with van der Waals surface area (Å²) in [6, 6.07) is 3.42. The minimum absolute atomic E-state index is 0.161. The number of rotatable bonds is 7. The number of anilines is 1. The Morgan fingerprint density at radius 3 is 2.51 bits per heavy atom. The predicted molar refractivity (Wildman–Crippen MR) is 137 cm³/mol. The topological polar surface area (TPSA) is 113 Å². The number of halogens is 2. The largest absolute Gasteiger partial charge is 0.490 e. The molecule has 0 atom stereocenters. The molecule has 3 heterocycles. The standard InChI is InChI=1S/C22H22Cl2N6O4S/c1-11(2)9-34-19-13(23)5-12(6-14(19)24)15-10-35-21(26-15)27-17(31)8-30-18-16(7-25-30)28(3)22(33)29(4)20(18)32/h5-7,10-11H,8-9H2,1-4H3,(H,26,27,31). The number of carbonyl (C=O) groups is 1. The van der Waals surface area contributed by atoms with Crippen LogP contribution in [0.25, 0.3) is 22.3 Å². The molecule has 4 rings (SSSR count). The number of hydrogen-bond acceptors (Lipinski definition) is 7. The predicted octanol–water partition coefficient (Wildman–Crippen LogP) is 3.54. The zero-order valence-electron chi connectivity index (χ0n) is 19.3. The van der Waals surface area contributed by atoms with E-state index in [9.17, 15) is 14.4 Å². The third kappa shape index (κ3) is 4.97. The Morgan fingerprint density at radius 1 is 1.17 bits per heavy atom. The number of benzene rings is 1. The van der Waals surface area contributed by atoms with Crippen LogP contribution in [0.15, 0.2) is 33.3 Å². The summed E-state index contributed by atoms with van der Waals surface area (Å²) in [4.78, 5) is 41.7. The van der Waals surface area contributed by atoms with Crippen LogP contribution in [0.1, 0.15) is 13.8 Å². The van der Waals surface area contributed by atoms with Crippen LogP contribution in [0.2, 0.25) is 10.0 Å². The molecule has 13 heteroatoms. The second kappa shape index (κ2) is 9.84. The molecule has 1 aromatic carbocycles. The summed E-state index contributed by atoms with van der Waals surface area (Å²) in [5.41, 5.74) is 0.765. The van der Waals surface area contributed by atoms with Crippen molar-refractivity contribution in [2.24, 2.45) is 20.0 Å². The maximum atomic E-state index is 12.7. The highest BCUT2D eigenvalue weighted by molar-refractivity contribution is 7.14. The molecule has 0 saturated carbocycles. The molecule has 0 radical (unpaired) electrons. The molecule has 0 bridgehead atoms. The number of carbonyl (C=O) groups excluding carboxylic acids is 1. The monoisotopic (exact) mass is 536 g/mol. The van der Waals surface area contributed by atoms with Gasteiger partial charge in [-0.15, -0.1) is 11.3 Å².